The van der Waals surface area contributed by atoms with Crippen molar-refractivity contribution in [2.45, 2.75) is 6.54 Å². The van der Waals surface area contributed by atoms with Gasteiger partial charge in [0.1, 0.15) is 0 Å². The Morgan fingerprint density at radius 2 is 1.79 bits per heavy atom. The van der Waals surface area contributed by atoms with Crippen LogP contribution in [0.25, 0.3) is 16.9 Å². The van der Waals surface area contributed by atoms with Crippen LogP contribution in [-0.2, 0) is 6.54 Å². The summed E-state index contributed by atoms with van der Waals surface area (Å²) in [5, 5.41) is 12.4. The molecule has 0 saturated heterocycles. The van der Waals surface area contributed by atoms with Gasteiger partial charge >= 0.3 is 0 Å². The first-order chi connectivity index (χ1) is 9.36. The molecule has 0 fully saturated rings. The highest BCUT2D eigenvalue weighted by Gasteiger charge is 2.04. The zero-order valence-electron chi connectivity index (χ0n) is 10.3. The Morgan fingerprint density at radius 1 is 0.947 bits per heavy atom. The van der Waals surface area contributed by atoms with Crippen LogP contribution in [0.1, 0.15) is 5.69 Å². The predicted octanol–water partition coefficient (Wildman–Crippen LogP) is 1.79. The average Bonchev–Trinajstić information content (AvgIpc) is 2.98. The maximum Gasteiger partial charge on any atom is 0.175 e. The van der Waals surface area contributed by atoms with Crippen molar-refractivity contribution in [3.63, 3.8) is 0 Å². The molecule has 2 heterocycles. The van der Waals surface area contributed by atoms with E-state index in [2.05, 4.69) is 15.3 Å². The average molecular weight is 251 g/mol. The van der Waals surface area contributed by atoms with E-state index in [4.69, 9.17) is 5.73 Å². The Kier molecular flexibility index (Phi) is 3.04. The molecule has 1 aromatic carbocycles. The van der Waals surface area contributed by atoms with E-state index in [-0.39, 0.29) is 0 Å². The van der Waals surface area contributed by atoms with Gasteiger partial charge in [0.05, 0.1) is 11.9 Å². The molecule has 0 aliphatic heterocycles. The van der Waals surface area contributed by atoms with Gasteiger partial charge in [-0.25, -0.2) is 4.68 Å². The van der Waals surface area contributed by atoms with Crippen molar-refractivity contribution in [1.82, 2.24) is 20.0 Å². The van der Waals surface area contributed by atoms with Crippen molar-refractivity contribution in [1.29, 1.82) is 0 Å². The van der Waals surface area contributed by atoms with Crippen LogP contribution in [-0.4, -0.2) is 20.0 Å². The fourth-order valence-electron chi connectivity index (χ4n) is 1.81. The Labute approximate surface area is 110 Å². The van der Waals surface area contributed by atoms with Gasteiger partial charge in [-0.1, -0.05) is 30.3 Å². The minimum atomic E-state index is 0.391. The van der Waals surface area contributed by atoms with Crippen molar-refractivity contribution in [3.8, 4) is 16.9 Å². The van der Waals surface area contributed by atoms with Crippen LogP contribution in [0.15, 0.2) is 54.9 Å². The molecule has 0 atom stereocenters. The number of hydrogen-bond donors (Lipinski definition) is 1. The van der Waals surface area contributed by atoms with E-state index in [9.17, 15) is 0 Å². The first kappa shape index (κ1) is 11.6. The summed E-state index contributed by atoms with van der Waals surface area (Å²) < 4.78 is 1.70. The highest BCUT2D eigenvalue weighted by Crippen LogP contribution is 2.18. The molecule has 19 heavy (non-hydrogen) atoms. The third-order valence-electron chi connectivity index (χ3n) is 2.84. The summed E-state index contributed by atoms with van der Waals surface area (Å²) in [5.74, 6) is 0.680. The van der Waals surface area contributed by atoms with E-state index < -0.39 is 0 Å². The first-order valence-electron chi connectivity index (χ1n) is 6.00. The molecule has 0 bridgehead atoms. The molecule has 5 nitrogen and oxygen atoms in total. The molecule has 2 N–H and O–H groups in total. The monoisotopic (exact) mass is 251 g/mol. The van der Waals surface area contributed by atoms with Crippen LogP contribution in [0.4, 0.5) is 0 Å². The van der Waals surface area contributed by atoms with Gasteiger partial charge in [0.15, 0.2) is 5.82 Å². The Bertz CT molecular complexity index is 658. The summed E-state index contributed by atoms with van der Waals surface area (Å²) >= 11 is 0. The summed E-state index contributed by atoms with van der Waals surface area (Å²) in [6.45, 7) is 0.391. The molecular weight excluding hydrogens is 238 g/mol. The minimum absolute atomic E-state index is 0.391. The summed E-state index contributed by atoms with van der Waals surface area (Å²) in [6, 6.07) is 13.8. The van der Waals surface area contributed by atoms with Crippen LogP contribution in [0.3, 0.4) is 0 Å². The van der Waals surface area contributed by atoms with Gasteiger partial charge in [-0.2, -0.15) is 10.2 Å². The number of nitrogens with two attached hydrogens (primary N) is 1. The normalized spacial score (nSPS) is 10.6. The second kappa shape index (κ2) is 4.99. The van der Waals surface area contributed by atoms with Crippen LogP contribution >= 0.6 is 0 Å². The lowest BCUT2D eigenvalue weighted by atomic mass is 10.1. The Morgan fingerprint density at radius 3 is 2.47 bits per heavy atom. The van der Waals surface area contributed by atoms with Gasteiger partial charge in [-0.05, 0) is 17.7 Å². The molecule has 2 aromatic heterocycles. The second-order valence-electron chi connectivity index (χ2n) is 4.13. The van der Waals surface area contributed by atoms with Gasteiger partial charge in [0, 0.05) is 18.3 Å². The number of rotatable bonds is 3. The molecule has 94 valence electrons. The van der Waals surface area contributed by atoms with Crippen LogP contribution in [0, 0.1) is 0 Å². The molecular formula is C14H13N5. The molecule has 0 unspecified atom stereocenters. The van der Waals surface area contributed by atoms with E-state index in [0.717, 1.165) is 16.8 Å². The molecule has 3 aromatic rings. The van der Waals surface area contributed by atoms with Gasteiger partial charge < -0.3 is 5.73 Å². The highest BCUT2D eigenvalue weighted by atomic mass is 15.3. The summed E-state index contributed by atoms with van der Waals surface area (Å²) in [4.78, 5) is 0. The standard InChI is InChI=1S/C14H13N5/c15-8-13-6-7-14(18-17-13)19-10-12(9-16-19)11-4-2-1-3-5-11/h1-7,9-10H,8,15H2. The zero-order chi connectivity index (χ0) is 13.1. The van der Waals surface area contributed by atoms with Crippen molar-refractivity contribution < 1.29 is 0 Å². The van der Waals surface area contributed by atoms with Gasteiger partial charge in [0.2, 0.25) is 0 Å². The van der Waals surface area contributed by atoms with Crippen molar-refractivity contribution in [3.05, 3.63) is 60.6 Å². The lowest BCUT2D eigenvalue weighted by Gasteiger charge is -2.00. The number of nitrogens with zero attached hydrogens (tertiary/aromatic N) is 4. The predicted molar refractivity (Wildman–Crippen MR) is 72.5 cm³/mol. The molecule has 3 rings (SSSR count). The summed E-state index contributed by atoms with van der Waals surface area (Å²) in [6.07, 6.45) is 3.75. The van der Waals surface area contributed by atoms with Gasteiger partial charge in [-0.3, -0.25) is 0 Å². The lowest BCUT2D eigenvalue weighted by Crippen LogP contribution is -2.04. The molecule has 0 saturated carbocycles. The first-order valence-corrected chi connectivity index (χ1v) is 6.00. The fraction of sp³-hybridized carbons (Fsp3) is 0.0714. The smallest absolute Gasteiger partial charge is 0.175 e. The van der Waals surface area contributed by atoms with E-state index in [0.29, 0.717) is 12.4 Å². The third kappa shape index (κ3) is 2.36. The van der Waals surface area contributed by atoms with E-state index in [1.54, 1.807) is 4.68 Å². The lowest BCUT2D eigenvalue weighted by molar-refractivity contribution is 0.793. The van der Waals surface area contributed by atoms with Crippen molar-refractivity contribution >= 4 is 0 Å². The fourth-order valence-corrected chi connectivity index (χ4v) is 1.81. The van der Waals surface area contributed by atoms with E-state index >= 15 is 0 Å². The summed E-state index contributed by atoms with van der Waals surface area (Å²) in [5.41, 5.74) is 8.43. The van der Waals surface area contributed by atoms with Gasteiger partial charge in [-0.15, -0.1) is 5.10 Å². The topological polar surface area (TPSA) is 69.6 Å². The number of hydrogen-bond acceptors (Lipinski definition) is 4. The molecule has 0 aliphatic carbocycles. The molecule has 5 heteroatoms. The maximum absolute atomic E-state index is 5.49. The Hall–Kier alpha value is -2.53. The number of benzene rings is 1. The number of aromatic nitrogens is 4. The van der Waals surface area contributed by atoms with Crippen LogP contribution < -0.4 is 5.73 Å². The second-order valence-corrected chi connectivity index (χ2v) is 4.13. The molecule has 0 amide bonds. The SMILES string of the molecule is NCc1ccc(-n2cc(-c3ccccc3)cn2)nn1. The summed E-state index contributed by atoms with van der Waals surface area (Å²) in [7, 11) is 0. The van der Waals surface area contributed by atoms with Crippen molar-refractivity contribution in [2.24, 2.45) is 5.73 Å². The minimum Gasteiger partial charge on any atom is -0.325 e. The van der Waals surface area contributed by atoms with Gasteiger partial charge in [0.25, 0.3) is 0 Å². The maximum atomic E-state index is 5.49. The van der Waals surface area contributed by atoms with Crippen LogP contribution in [0.5, 0.6) is 0 Å². The molecule has 0 spiro atoms. The molecule has 0 aliphatic rings. The van der Waals surface area contributed by atoms with E-state index in [1.165, 1.54) is 0 Å². The molecule has 0 radical (unpaired) electrons. The quantitative estimate of drug-likeness (QED) is 0.770. The third-order valence-corrected chi connectivity index (χ3v) is 2.84. The van der Waals surface area contributed by atoms with Crippen molar-refractivity contribution in [2.75, 3.05) is 0 Å². The Balaban J connectivity index is 1.92. The van der Waals surface area contributed by atoms with E-state index in [1.807, 2.05) is 54.9 Å². The largest absolute Gasteiger partial charge is 0.325 e. The zero-order valence-corrected chi connectivity index (χ0v) is 10.3. The highest BCUT2D eigenvalue weighted by molar-refractivity contribution is 5.61. The van der Waals surface area contributed by atoms with Crippen LogP contribution in [0.2, 0.25) is 0 Å².